The van der Waals surface area contributed by atoms with Crippen molar-refractivity contribution in [1.29, 1.82) is 0 Å². The summed E-state index contributed by atoms with van der Waals surface area (Å²) < 4.78 is 34.7. The molecule has 2 N–H and O–H groups in total. The van der Waals surface area contributed by atoms with Crippen LogP contribution in [0.4, 0.5) is 5.69 Å². The van der Waals surface area contributed by atoms with E-state index in [1.54, 1.807) is 36.4 Å². The molecular weight excluding hydrogens is 460 g/mol. The van der Waals surface area contributed by atoms with Crippen LogP contribution in [0.1, 0.15) is 30.9 Å². The van der Waals surface area contributed by atoms with E-state index in [4.69, 9.17) is 16.3 Å². The fraction of sp³-hybridized carbons (Fsp3) is 0.240. The maximum Gasteiger partial charge on any atom is 0.245 e. The zero-order valence-corrected chi connectivity index (χ0v) is 20.3. The first-order valence-electron chi connectivity index (χ1n) is 10.5. The van der Waals surface area contributed by atoms with Crippen molar-refractivity contribution in [2.24, 2.45) is 0 Å². The third-order valence-electron chi connectivity index (χ3n) is 5.13. The molecule has 0 fully saturated rings. The van der Waals surface area contributed by atoms with E-state index in [1.165, 1.54) is 7.11 Å². The van der Waals surface area contributed by atoms with E-state index in [2.05, 4.69) is 10.0 Å². The summed E-state index contributed by atoms with van der Waals surface area (Å²) in [6.45, 7) is 3.95. The monoisotopic (exact) mass is 486 g/mol. The molecule has 0 heterocycles. The third kappa shape index (κ3) is 6.57. The molecule has 6 nitrogen and oxygen atoms in total. The Morgan fingerprint density at radius 1 is 1.00 bits per heavy atom. The molecule has 33 heavy (non-hydrogen) atoms. The van der Waals surface area contributed by atoms with Gasteiger partial charge in [0, 0.05) is 10.7 Å². The van der Waals surface area contributed by atoms with Crippen molar-refractivity contribution >= 4 is 33.2 Å². The second-order valence-corrected chi connectivity index (χ2v) is 10.0. The quantitative estimate of drug-likeness (QED) is 0.445. The first-order valence-corrected chi connectivity index (χ1v) is 12.4. The normalized spacial score (nSPS) is 12.4. The Morgan fingerprint density at radius 2 is 1.73 bits per heavy atom. The molecule has 1 amide bonds. The van der Waals surface area contributed by atoms with Gasteiger partial charge in [0.25, 0.3) is 0 Å². The van der Waals surface area contributed by atoms with Gasteiger partial charge in [-0.2, -0.15) is 4.72 Å². The van der Waals surface area contributed by atoms with Crippen molar-refractivity contribution in [2.45, 2.75) is 37.1 Å². The zero-order valence-electron chi connectivity index (χ0n) is 18.7. The van der Waals surface area contributed by atoms with Gasteiger partial charge >= 0.3 is 0 Å². The molecule has 0 radical (unpaired) electrons. The van der Waals surface area contributed by atoms with Gasteiger partial charge in [-0.1, -0.05) is 67.9 Å². The van der Waals surface area contributed by atoms with Crippen molar-refractivity contribution in [3.63, 3.8) is 0 Å². The number of halogens is 1. The van der Waals surface area contributed by atoms with Crippen LogP contribution in [-0.2, 0) is 21.2 Å². The van der Waals surface area contributed by atoms with Gasteiger partial charge in [0.2, 0.25) is 15.9 Å². The average molecular weight is 487 g/mol. The highest BCUT2D eigenvalue weighted by Gasteiger charge is 2.29. The van der Waals surface area contributed by atoms with Crippen LogP contribution in [0.3, 0.4) is 0 Å². The van der Waals surface area contributed by atoms with E-state index in [-0.39, 0.29) is 23.0 Å². The molecule has 8 heteroatoms. The summed E-state index contributed by atoms with van der Waals surface area (Å²) in [6, 6.07) is 19.9. The van der Waals surface area contributed by atoms with E-state index in [9.17, 15) is 13.2 Å². The van der Waals surface area contributed by atoms with Crippen LogP contribution in [-0.4, -0.2) is 27.5 Å². The number of anilines is 1. The summed E-state index contributed by atoms with van der Waals surface area (Å²) in [7, 11) is -2.67. The van der Waals surface area contributed by atoms with Crippen molar-refractivity contribution < 1.29 is 17.9 Å². The van der Waals surface area contributed by atoms with Crippen LogP contribution in [0.15, 0.2) is 77.7 Å². The zero-order chi connectivity index (χ0) is 24.0. The highest BCUT2D eigenvalue weighted by Crippen LogP contribution is 2.28. The molecule has 0 saturated carbocycles. The van der Waals surface area contributed by atoms with Crippen LogP contribution in [0.2, 0.25) is 5.02 Å². The number of methoxy groups -OCH3 is 1. The smallest absolute Gasteiger partial charge is 0.245 e. The lowest BCUT2D eigenvalue weighted by atomic mass is 10.0. The van der Waals surface area contributed by atoms with Gasteiger partial charge in [-0.3, -0.25) is 4.79 Å². The Hall–Kier alpha value is -2.87. The van der Waals surface area contributed by atoms with E-state index < -0.39 is 22.0 Å². The van der Waals surface area contributed by atoms with Gasteiger partial charge in [0.15, 0.2) is 0 Å². The Morgan fingerprint density at radius 3 is 2.36 bits per heavy atom. The topological polar surface area (TPSA) is 84.5 Å². The van der Waals surface area contributed by atoms with Crippen LogP contribution in [0.5, 0.6) is 5.75 Å². The Labute approximate surface area is 200 Å². The Kier molecular flexibility index (Phi) is 8.13. The van der Waals surface area contributed by atoms with Crippen LogP contribution in [0, 0.1) is 0 Å². The maximum atomic E-state index is 13.4. The van der Waals surface area contributed by atoms with Crippen LogP contribution >= 0.6 is 11.6 Å². The number of sulfonamides is 1. The molecular formula is C25H27ClN2O4S. The average Bonchev–Trinajstić information content (AvgIpc) is 2.78. The minimum atomic E-state index is -4.09. The molecule has 3 aromatic carbocycles. The highest BCUT2D eigenvalue weighted by molar-refractivity contribution is 7.89. The summed E-state index contributed by atoms with van der Waals surface area (Å²) in [4.78, 5) is 13.1. The summed E-state index contributed by atoms with van der Waals surface area (Å²) in [5, 5.41) is 3.22. The predicted molar refractivity (Wildman–Crippen MR) is 131 cm³/mol. The second kappa shape index (κ2) is 10.8. The van der Waals surface area contributed by atoms with Crippen molar-refractivity contribution in [3.8, 4) is 5.75 Å². The van der Waals surface area contributed by atoms with E-state index in [0.717, 1.165) is 11.1 Å². The summed E-state index contributed by atoms with van der Waals surface area (Å²) >= 11 is 6.02. The molecule has 1 unspecified atom stereocenters. The molecule has 3 aromatic rings. The van der Waals surface area contributed by atoms with Gasteiger partial charge in [0.05, 0.1) is 7.11 Å². The number of benzene rings is 3. The number of ether oxygens (including phenoxy) is 1. The summed E-state index contributed by atoms with van der Waals surface area (Å²) in [5.41, 5.74) is 2.14. The number of hydrogen-bond acceptors (Lipinski definition) is 4. The van der Waals surface area contributed by atoms with Gasteiger partial charge < -0.3 is 10.1 Å². The lowest BCUT2D eigenvalue weighted by Crippen LogP contribution is -2.45. The van der Waals surface area contributed by atoms with Crippen LogP contribution in [0.25, 0.3) is 0 Å². The minimum absolute atomic E-state index is 0.00943. The van der Waals surface area contributed by atoms with Gasteiger partial charge in [-0.05, 0) is 53.8 Å². The third-order valence-corrected chi connectivity index (χ3v) is 6.86. The fourth-order valence-corrected chi connectivity index (χ4v) is 4.94. The molecule has 0 saturated heterocycles. The van der Waals surface area contributed by atoms with E-state index in [1.807, 2.05) is 50.2 Å². The molecule has 3 rings (SSSR count). The predicted octanol–water partition coefficient (Wildman–Crippen LogP) is 5.00. The number of amides is 1. The molecule has 1 atom stereocenters. The van der Waals surface area contributed by atoms with E-state index >= 15 is 0 Å². The Balaban J connectivity index is 1.95. The molecule has 0 aliphatic rings. The Bertz CT molecular complexity index is 1210. The molecule has 0 spiro atoms. The van der Waals surface area contributed by atoms with Crippen LogP contribution < -0.4 is 14.8 Å². The van der Waals surface area contributed by atoms with Crippen molar-refractivity contribution in [3.05, 3.63) is 88.9 Å². The number of carbonyl (C=O) groups excluding carboxylic acids is 1. The first kappa shape index (κ1) is 24.8. The fourth-order valence-electron chi connectivity index (χ4n) is 3.35. The minimum Gasteiger partial charge on any atom is -0.495 e. The second-order valence-electron chi connectivity index (χ2n) is 7.93. The van der Waals surface area contributed by atoms with E-state index in [0.29, 0.717) is 10.7 Å². The molecule has 0 bridgehead atoms. The highest BCUT2D eigenvalue weighted by atomic mass is 35.5. The molecule has 0 aliphatic heterocycles. The lowest BCUT2D eigenvalue weighted by Gasteiger charge is -2.20. The largest absolute Gasteiger partial charge is 0.495 e. The first-order chi connectivity index (χ1) is 15.7. The lowest BCUT2D eigenvalue weighted by molar-refractivity contribution is -0.117. The summed E-state index contributed by atoms with van der Waals surface area (Å²) in [6.07, 6.45) is 0.165. The summed E-state index contributed by atoms with van der Waals surface area (Å²) in [5.74, 6) is -0.166. The number of carbonyl (C=O) groups is 1. The SMILES string of the molecule is COc1ccc(C(C)C)cc1S(=O)(=O)NC(Cc1ccccc1)C(=O)Nc1cccc(Cl)c1. The molecule has 174 valence electrons. The molecule has 0 aromatic heterocycles. The van der Waals surface area contributed by atoms with Gasteiger partial charge in [-0.25, -0.2) is 8.42 Å². The van der Waals surface area contributed by atoms with Crippen molar-refractivity contribution in [1.82, 2.24) is 4.72 Å². The van der Waals surface area contributed by atoms with Gasteiger partial charge in [0.1, 0.15) is 16.7 Å². The standard InChI is InChI=1S/C25H27ClN2O4S/c1-17(2)19-12-13-23(32-3)24(15-19)33(30,31)28-22(14-18-8-5-4-6-9-18)25(29)27-21-11-7-10-20(26)16-21/h4-13,15-17,22,28H,14H2,1-3H3,(H,27,29). The number of hydrogen-bond donors (Lipinski definition) is 2. The van der Waals surface area contributed by atoms with Gasteiger partial charge in [-0.15, -0.1) is 0 Å². The number of rotatable bonds is 9. The molecule has 0 aliphatic carbocycles. The van der Waals surface area contributed by atoms with Crippen molar-refractivity contribution in [2.75, 3.05) is 12.4 Å². The number of nitrogens with one attached hydrogen (secondary N) is 2. The maximum absolute atomic E-state index is 13.4.